The zero-order valence-electron chi connectivity index (χ0n) is 23.1. The maximum Gasteiger partial charge on any atom is 0.329 e. The van der Waals surface area contributed by atoms with Gasteiger partial charge >= 0.3 is 5.97 Å². The highest BCUT2D eigenvalue weighted by molar-refractivity contribution is 7.81. The van der Waals surface area contributed by atoms with Crippen LogP contribution in [-0.2, 0) is 32.0 Å². The van der Waals surface area contributed by atoms with Crippen molar-refractivity contribution in [3.05, 3.63) is 36.2 Å². The first-order valence-electron chi connectivity index (χ1n) is 13.4. The Hall–Kier alpha value is -3.49. The van der Waals surface area contributed by atoms with E-state index in [2.05, 4.69) is 9.97 Å². The highest BCUT2D eigenvalue weighted by Gasteiger charge is 2.44. The normalized spacial score (nSPS) is 18.7. The zero-order valence-corrected chi connectivity index (χ0v) is 24.8. The monoisotopic (exact) mass is 601 g/mol. The second kappa shape index (κ2) is 12.2. The first-order valence-corrected chi connectivity index (χ1v) is 15.2. The summed E-state index contributed by atoms with van der Waals surface area (Å²) in [4.78, 5) is 39.0. The number of aromatic nitrogens is 2. The number of nitrogens with zero attached hydrogens (tertiary/aromatic N) is 5. The topological polar surface area (TPSA) is 154 Å². The van der Waals surface area contributed by atoms with Crippen molar-refractivity contribution in [2.24, 2.45) is 5.92 Å². The lowest BCUT2D eigenvalue weighted by atomic mass is 9.86. The summed E-state index contributed by atoms with van der Waals surface area (Å²) in [5.41, 5.74) is 6.75. The molecule has 0 bridgehead atoms. The van der Waals surface area contributed by atoms with Gasteiger partial charge in [0.25, 0.3) is 0 Å². The molecule has 2 N–H and O–H groups in total. The number of benzene rings is 1. The van der Waals surface area contributed by atoms with Gasteiger partial charge in [0.1, 0.15) is 28.7 Å². The van der Waals surface area contributed by atoms with Gasteiger partial charge < -0.3 is 29.6 Å². The summed E-state index contributed by atoms with van der Waals surface area (Å²) >= 11 is -1.57. The average molecular weight is 602 g/mol. The van der Waals surface area contributed by atoms with Crippen LogP contribution in [-0.4, -0.2) is 81.9 Å². The predicted molar refractivity (Wildman–Crippen MR) is 156 cm³/mol. The van der Waals surface area contributed by atoms with E-state index in [1.54, 1.807) is 31.3 Å². The summed E-state index contributed by atoms with van der Waals surface area (Å²) in [5, 5.41) is 2.46. The van der Waals surface area contributed by atoms with E-state index >= 15 is 0 Å². The van der Waals surface area contributed by atoms with E-state index in [9.17, 15) is 18.4 Å². The highest BCUT2D eigenvalue weighted by Crippen LogP contribution is 2.35. The fourth-order valence-electron chi connectivity index (χ4n) is 5.21. The Morgan fingerprint density at radius 2 is 2.07 bits per heavy atom. The Labute approximate surface area is 244 Å². The van der Waals surface area contributed by atoms with Crippen LogP contribution in [0.15, 0.2) is 30.6 Å². The molecule has 41 heavy (non-hydrogen) atoms. The summed E-state index contributed by atoms with van der Waals surface area (Å²) in [5.74, 6) is 0.188. The number of ether oxygens (including phenoxy) is 2. The molecule has 1 unspecified atom stereocenters. The number of pyridine rings is 1. The van der Waals surface area contributed by atoms with Crippen molar-refractivity contribution in [3.8, 4) is 5.75 Å². The molecule has 0 spiro atoms. The predicted octanol–water partition coefficient (Wildman–Crippen LogP) is 2.50. The number of fused-ring (bicyclic) bond motifs is 1. The van der Waals surface area contributed by atoms with Crippen molar-refractivity contribution in [1.29, 1.82) is 0 Å². The van der Waals surface area contributed by atoms with Crippen molar-refractivity contribution < 1.29 is 27.8 Å². The SMILES string of the molecule is COc1cc2c(N)nccc2cc1C[C@H](C(=O)OCC1CCC1)N1CC[C@H](N(c2cnc(N(C)C)s2)S(=O)[O-])C1=O. The van der Waals surface area contributed by atoms with Gasteiger partial charge in [-0.05, 0) is 54.3 Å². The van der Waals surface area contributed by atoms with Crippen molar-refractivity contribution >= 4 is 61.2 Å². The first-order chi connectivity index (χ1) is 19.7. The number of thiazole rings is 1. The molecule has 3 aromatic rings. The average Bonchev–Trinajstić information content (AvgIpc) is 3.54. The van der Waals surface area contributed by atoms with Crippen LogP contribution in [0, 0.1) is 5.92 Å². The molecule has 1 amide bonds. The Balaban J connectivity index is 1.45. The van der Waals surface area contributed by atoms with Crippen LogP contribution < -0.4 is 19.7 Å². The minimum absolute atomic E-state index is 0.120. The van der Waals surface area contributed by atoms with Crippen LogP contribution in [0.25, 0.3) is 10.8 Å². The van der Waals surface area contributed by atoms with Crippen molar-refractivity contribution in [2.75, 3.05) is 49.3 Å². The molecule has 2 aromatic heterocycles. The fraction of sp³-hybridized carbons (Fsp3) is 0.481. The number of carbonyl (C=O) groups excluding carboxylic acids is 2. The first kappa shape index (κ1) is 29.0. The number of esters is 1. The van der Waals surface area contributed by atoms with E-state index in [4.69, 9.17) is 15.2 Å². The highest BCUT2D eigenvalue weighted by atomic mass is 32.2. The summed E-state index contributed by atoms with van der Waals surface area (Å²) in [7, 11) is 5.13. The number of rotatable bonds is 11. The van der Waals surface area contributed by atoms with E-state index < -0.39 is 35.2 Å². The number of hydrogen-bond donors (Lipinski definition) is 1. The number of methoxy groups -OCH3 is 1. The Morgan fingerprint density at radius 3 is 2.71 bits per heavy atom. The van der Waals surface area contributed by atoms with Crippen LogP contribution in [0.2, 0.25) is 0 Å². The van der Waals surface area contributed by atoms with Crippen LogP contribution in [0.4, 0.5) is 16.0 Å². The molecular weight excluding hydrogens is 568 g/mol. The number of anilines is 3. The zero-order chi connectivity index (χ0) is 29.3. The number of nitrogens with two attached hydrogens (primary N) is 1. The molecule has 14 heteroatoms. The smallest absolute Gasteiger partial charge is 0.329 e. The maximum absolute atomic E-state index is 13.8. The lowest BCUT2D eigenvalue weighted by molar-refractivity contribution is -0.155. The van der Waals surface area contributed by atoms with Crippen molar-refractivity contribution in [2.45, 2.75) is 44.2 Å². The molecule has 0 radical (unpaired) electrons. The van der Waals surface area contributed by atoms with Crippen molar-refractivity contribution in [3.63, 3.8) is 0 Å². The van der Waals surface area contributed by atoms with E-state index in [1.165, 1.54) is 29.5 Å². The van der Waals surface area contributed by atoms with E-state index in [0.717, 1.165) is 29.0 Å². The quantitative estimate of drug-likeness (QED) is 0.256. The van der Waals surface area contributed by atoms with E-state index in [1.807, 2.05) is 12.1 Å². The number of carbonyl (C=O) groups is 2. The Morgan fingerprint density at radius 1 is 1.29 bits per heavy atom. The fourth-order valence-corrected chi connectivity index (χ4v) is 6.90. The van der Waals surface area contributed by atoms with Crippen molar-refractivity contribution in [1.82, 2.24) is 14.9 Å². The lowest BCUT2D eigenvalue weighted by Gasteiger charge is -2.32. The molecule has 3 atom stereocenters. The van der Waals surface area contributed by atoms with E-state index in [-0.39, 0.29) is 19.4 Å². The minimum atomic E-state index is -2.73. The molecule has 1 saturated heterocycles. The van der Waals surface area contributed by atoms with Crippen LogP contribution in [0.1, 0.15) is 31.2 Å². The molecule has 1 aromatic carbocycles. The van der Waals surface area contributed by atoms with Crippen LogP contribution in [0.5, 0.6) is 5.75 Å². The third-order valence-corrected chi connectivity index (χ3v) is 9.73. The molecule has 1 aliphatic carbocycles. The third kappa shape index (κ3) is 5.95. The minimum Gasteiger partial charge on any atom is -0.755 e. The van der Waals surface area contributed by atoms with Gasteiger partial charge in [-0.1, -0.05) is 17.8 Å². The van der Waals surface area contributed by atoms with Gasteiger partial charge in [-0.3, -0.25) is 13.3 Å². The Kier molecular flexibility index (Phi) is 8.61. The molecule has 12 nitrogen and oxygen atoms in total. The molecule has 3 heterocycles. The molecule has 5 rings (SSSR count). The lowest BCUT2D eigenvalue weighted by Crippen LogP contribution is -2.49. The van der Waals surface area contributed by atoms with E-state index in [0.29, 0.717) is 45.2 Å². The maximum atomic E-state index is 13.8. The molecule has 1 aliphatic heterocycles. The standard InChI is InChI=1S/C27H34N6O6S2/c1-31(2)27-30-14-23(40-27)33(41(36)37)20-8-10-32(25(20)34)21(26(35)39-15-16-5-4-6-16)12-18-11-17-7-9-29-24(28)19(17)13-22(18)38-3/h7,9,11,13-14,16,20-21H,4-6,8,10,12,15H2,1-3H3,(H2,28,29)(H,36,37)/p-1/t20-,21+/m0/s1. The second-order valence-electron chi connectivity index (χ2n) is 10.5. The van der Waals surface area contributed by atoms with Gasteiger partial charge in [0, 0.05) is 49.9 Å². The molecular formula is C27H33N6O6S2-. The van der Waals surface area contributed by atoms with Gasteiger partial charge in [-0.25, -0.2) is 14.8 Å². The summed E-state index contributed by atoms with van der Waals surface area (Å²) in [6, 6.07) is 3.48. The van der Waals surface area contributed by atoms with Gasteiger partial charge in [0.2, 0.25) is 5.91 Å². The van der Waals surface area contributed by atoms with Gasteiger partial charge in [-0.2, -0.15) is 0 Å². The number of nitrogen functional groups attached to an aromatic ring is 1. The van der Waals surface area contributed by atoms with Gasteiger partial charge in [-0.15, -0.1) is 0 Å². The molecule has 220 valence electrons. The summed E-state index contributed by atoms with van der Waals surface area (Å²) in [6.45, 7) is 0.481. The third-order valence-electron chi connectivity index (χ3n) is 7.68. The molecule has 1 saturated carbocycles. The second-order valence-corrected chi connectivity index (χ2v) is 12.3. The van der Waals surface area contributed by atoms with Crippen LogP contribution in [0.3, 0.4) is 0 Å². The number of hydrogen-bond acceptors (Lipinski definition) is 11. The summed E-state index contributed by atoms with van der Waals surface area (Å²) in [6.07, 6.45) is 6.50. The van der Waals surface area contributed by atoms with Crippen LogP contribution >= 0.6 is 11.3 Å². The number of amides is 1. The molecule has 2 aliphatic rings. The van der Waals surface area contributed by atoms with Gasteiger partial charge in [0.05, 0.1) is 19.9 Å². The van der Waals surface area contributed by atoms with Gasteiger partial charge in [0.15, 0.2) is 5.13 Å². The number of likely N-dealkylation sites (tertiary alicyclic amines) is 1. The molecule has 2 fully saturated rings. The Bertz CT molecular complexity index is 1460. The summed E-state index contributed by atoms with van der Waals surface area (Å²) < 4.78 is 37.1. The largest absolute Gasteiger partial charge is 0.755 e.